The maximum Gasteiger partial charge on any atom is 0.356 e. The number of esters is 1. The van der Waals surface area contributed by atoms with Gasteiger partial charge in [0.15, 0.2) is 12.1 Å². The highest BCUT2D eigenvalue weighted by molar-refractivity contribution is 8.00. The number of carbonyl (C=O) groups is 3. The van der Waals surface area contributed by atoms with E-state index in [-0.39, 0.29) is 11.6 Å². The molecule has 43 heavy (non-hydrogen) atoms. The summed E-state index contributed by atoms with van der Waals surface area (Å²) in [5, 5.41) is 3.85. The Hall–Kier alpha value is -4.15. The molecule has 9 nitrogen and oxygen atoms in total. The van der Waals surface area contributed by atoms with Crippen LogP contribution in [0.1, 0.15) is 42.7 Å². The van der Waals surface area contributed by atoms with Gasteiger partial charge in [0, 0.05) is 11.6 Å². The molecule has 2 unspecified atom stereocenters. The summed E-state index contributed by atoms with van der Waals surface area (Å²) in [6, 6.07) is 25.8. The number of hydrogen-bond donors (Lipinski definition) is 0. The number of thioether (sulfide) groups is 1. The van der Waals surface area contributed by atoms with Crippen LogP contribution >= 0.6 is 23.4 Å². The van der Waals surface area contributed by atoms with Crippen LogP contribution in [0, 0.1) is 4.91 Å². The number of nitrogens with zero attached hydrogens (tertiary/aromatic N) is 4. The van der Waals surface area contributed by atoms with E-state index in [9.17, 15) is 19.3 Å². The Morgan fingerprint density at radius 2 is 1.51 bits per heavy atom. The van der Waals surface area contributed by atoms with Gasteiger partial charge in [-0.25, -0.2) is 9.80 Å². The minimum absolute atomic E-state index is 0.0347. The lowest BCUT2D eigenvalue weighted by molar-refractivity contribution is -0.165. The quantitative estimate of drug-likeness (QED) is 0.145. The summed E-state index contributed by atoms with van der Waals surface area (Å²) < 4.78 is 6.12. The number of amides is 2. The summed E-state index contributed by atoms with van der Waals surface area (Å²) in [5.41, 5.74) is 1.64. The molecule has 3 aromatic carbocycles. The van der Waals surface area contributed by atoms with Gasteiger partial charge in [-0.1, -0.05) is 91.0 Å². The number of rotatable bonds is 8. The smallest absolute Gasteiger partial charge is 0.356 e. The first-order valence-corrected chi connectivity index (χ1v) is 15.4. The van der Waals surface area contributed by atoms with Crippen LogP contribution < -0.4 is 0 Å². The summed E-state index contributed by atoms with van der Waals surface area (Å²) >= 11 is 7.72. The third-order valence-electron chi connectivity index (χ3n) is 8.15. The fourth-order valence-corrected chi connectivity index (χ4v) is 7.80. The molecule has 3 aliphatic heterocycles. The Bertz CT molecular complexity index is 1550. The van der Waals surface area contributed by atoms with Gasteiger partial charge in [0.05, 0.1) is 5.29 Å². The second-order valence-corrected chi connectivity index (χ2v) is 12.4. The van der Waals surface area contributed by atoms with E-state index in [1.54, 1.807) is 38.1 Å². The van der Waals surface area contributed by atoms with Crippen molar-refractivity contribution in [1.82, 2.24) is 14.8 Å². The molecule has 0 saturated carbocycles. The minimum atomic E-state index is -1.20. The normalized spacial score (nSPS) is 22.9. The first-order valence-electron chi connectivity index (χ1n) is 13.8. The van der Waals surface area contributed by atoms with Crippen LogP contribution in [0.4, 0.5) is 0 Å². The molecule has 0 bridgehead atoms. The number of halogens is 1. The molecule has 3 aliphatic rings. The van der Waals surface area contributed by atoms with Crippen molar-refractivity contribution in [3.05, 3.63) is 124 Å². The largest absolute Gasteiger partial charge is 0.448 e. The highest BCUT2D eigenvalue weighted by Crippen LogP contribution is 2.50. The Kier molecular flexibility index (Phi) is 7.74. The van der Waals surface area contributed by atoms with E-state index >= 15 is 0 Å². The molecule has 3 atom stereocenters. The molecule has 6 rings (SSSR count). The average Bonchev–Trinajstić information content (AvgIpc) is 3.23. The number of β-lactam (4-membered cyclic amide) rings is 1. The number of nitroso groups, excluding NO2 is 1. The van der Waals surface area contributed by atoms with E-state index in [0.29, 0.717) is 16.9 Å². The van der Waals surface area contributed by atoms with Crippen LogP contribution in [0.2, 0.25) is 0 Å². The average molecular weight is 617 g/mol. The van der Waals surface area contributed by atoms with Crippen molar-refractivity contribution in [2.75, 3.05) is 11.6 Å². The van der Waals surface area contributed by atoms with Gasteiger partial charge in [-0.15, -0.1) is 28.3 Å². The Morgan fingerprint density at radius 1 is 0.953 bits per heavy atom. The van der Waals surface area contributed by atoms with Crippen LogP contribution in [-0.2, 0) is 19.1 Å². The van der Waals surface area contributed by atoms with Gasteiger partial charge in [0.25, 0.3) is 11.8 Å². The van der Waals surface area contributed by atoms with Gasteiger partial charge in [-0.05, 0) is 36.1 Å². The van der Waals surface area contributed by atoms with Crippen LogP contribution in [-0.4, -0.2) is 61.3 Å². The first kappa shape index (κ1) is 28.9. The topological polar surface area (TPSA) is 99.6 Å². The van der Waals surface area contributed by atoms with Crippen LogP contribution in [0.15, 0.2) is 108 Å². The fourth-order valence-electron chi connectivity index (χ4n) is 6.08. The van der Waals surface area contributed by atoms with Crippen LogP contribution in [0.3, 0.4) is 0 Å². The monoisotopic (exact) mass is 616 g/mol. The molecule has 0 N–H and O–H groups in total. The highest BCUT2D eigenvalue weighted by Gasteiger charge is 2.65. The molecule has 0 spiro atoms. The molecule has 2 saturated heterocycles. The van der Waals surface area contributed by atoms with Gasteiger partial charge < -0.3 is 9.64 Å². The molecule has 2 fully saturated rings. The lowest BCUT2D eigenvalue weighted by atomic mass is 9.98. The van der Waals surface area contributed by atoms with E-state index in [1.165, 1.54) is 26.6 Å². The predicted molar refractivity (Wildman–Crippen MR) is 163 cm³/mol. The molecule has 0 radical (unpaired) electrons. The summed E-state index contributed by atoms with van der Waals surface area (Å²) in [6.07, 6.45) is -0.711. The maximum atomic E-state index is 14.0. The molecule has 3 aromatic rings. The number of hydrogen-bond acceptors (Lipinski definition) is 7. The van der Waals surface area contributed by atoms with Gasteiger partial charge in [-0.2, -0.15) is 0 Å². The van der Waals surface area contributed by atoms with Gasteiger partial charge >= 0.3 is 5.97 Å². The number of benzene rings is 3. The second-order valence-electron chi connectivity index (χ2n) is 11.0. The zero-order valence-electron chi connectivity index (χ0n) is 23.5. The van der Waals surface area contributed by atoms with E-state index in [4.69, 9.17) is 16.3 Å². The highest BCUT2D eigenvalue weighted by atomic mass is 35.5. The lowest BCUT2D eigenvalue weighted by Gasteiger charge is -2.54. The van der Waals surface area contributed by atoms with Crippen LogP contribution in [0.25, 0.3) is 0 Å². The molecule has 2 amide bonds. The maximum absolute atomic E-state index is 14.0. The molecule has 11 heteroatoms. The third-order valence-corrected chi connectivity index (χ3v) is 9.80. The molecule has 3 heterocycles. The van der Waals surface area contributed by atoms with Gasteiger partial charge in [0.2, 0.25) is 0 Å². The van der Waals surface area contributed by atoms with Crippen molar-refractivity contribution < 1.29 is 19.1 Å². The zero-order valence-corrected chi connectivity index (χ0v) is 25.1. The molecule has 0 aromatic heterocycles. The predicted octanol–water partition coefficient (Wildman–Crippen LogP) is 5.40. The first-order chi connectivity index (χ1) is 20.8. The summed E-state index contributed by atoms with van der Waals surface area (Å²) in [5.74, 6) is -1.11. The van der Waals surface area contributed by atoms with Crippen molar-refractivity contribution in [3.63, 3.8) is 0 Å². The van der Waals surface area contributed by atoms with Crippen LogP contribution in [0.5, 0.6) is 0 Å². The summed E-state index contributed by atoms with van der Waals surface area (Å²) in [6.45, 7) is 3.39. The minimum Gasteiger partial charge on any atom is -0.448 e. The summed E-state index contributed by atoms with van der Waals surface area (Å²) in [7, 11) is 0. The van der Waals surface area contributed by atoms with E-state index in [0.717, 1.165) is 11.1 Å². The Morgan fingerprint density at radius 3 is 2.05 bits per heavy atom. The van der Waals surface area contributed by atoms with Crippen molar-refractivity contribution in [2.45, 2.75) is 43.1 Å². The van der Waals surface area contributed by atoms with Crippen molar-refractivity contribution in [3.8, 4) is 0 Å². The Balaban J connectivity index is 1.31. The van der Waals surface area contributed by atoms with E-state index in [2.05, 4.69) is 5.29 Å². The number of carbonyl (C=O) groups excluding carboxylic acids is 3. The lowest BCUT2D eigenvalue weighted by Crippen LogP contribution is -2.73. The van der Waals surface area contributed by atoms with Gasteiger partial charge in [0.1, 0.15) is 22.8 Å². The second kappa shape index (κ2) is 11.5. The molecular weight excluding hydrogens is 588 g/mol. The number of fused-ring (bicyclic) bond motifs is 1. The molecule has 220 valence electrons. The standard InChI is InChI=1S/C32H29ClN4O5S/c1-32(2)36(29(39)24(37(32)34-41)20-12-6-3-7-13-20)26-28(38)35-25(23(18-33)19-43-30(26)35)31(40)42-27(21-14-8-4-9-15-21)22-16-10-5-11-17-22/h3-17,24,26-27,30H,18-19H2,1-2H3/t24?,26?,30-/m0/s1. The van der Waals surface area contributed by atoms with E-state index in [1.807, 2.05) is 66.7 Å². The third kappa shape index (κ3) is 4.78. The molecular formula is C32H29ClN4O5S. The van der Waals surface area contributed by atoms with Gasteiger partial charge in [-0.3, -0.25) is 14.5 Å². The van der Waals surface area contributed by atoms with E-state index < -0.39 is 47.0 Å². The SMILES string of the molecule is CC1(C)N(N=O)C(c2ccccc2)C(=O)N1C1C(=O)N2C(C(=O)OC(c3ccccc3)c3ccccc3)=C(CCl)CS[C@@H]12. The fraction of sp³-hybridized carbons (Fsp3) is 0.281. The number of alkyl halides is 1. The van der Waals surface area contributed by atoms with Crippen molar-refractivity contribution in [2.24, 2.45) is 5.29 Å². The summed E-state index contributed by atoms with van der Waals surface area (Å²) in [4.78, 5) is 56.7. The Labute approximate surface area is 258 Å². The zero-order chi connectivity index (χ0) is 30.3. The van der Waals surface area contributed by atoms with Crippen molar-refractivity contribution >= 4 is 41.1 Å². The number of ether oxygens (including phenoxy) is 1. The van der Waals surface area contributed by atoms with Crippen molar-refractivity contribution in [1.29, 1.82) is 0 Å². The molecule has 0 aliphatic carbocycles.